The van der Waals surface area contributed by atoms with E-state index in [1.807, 2.05) is 0 Å². The van der Waals surface area contributed by atoms with Crippen LogP contribution in [0, 0.1) is 5.92 Å². The van der Waals surface area contributed by atoms with Crippen LogP contribution in [0.1, 0.15) is 12.8 Å². The van der Waals surface area contributed by atoms with Gasteiger partial charge in [-0.05, 0) is 18.8 Å². The van der Waals surface area contributed by atoms with Gasteiger partial charge in [0, 0.05) is 0 Å². The fourth-order valence-corrected chi connectivity index (χ4v) is 1.11. The molecular formula is C4H7O2S. The summed E-state index contributed by atoms with van der Waals surface area (Å²) in [7, 11) is -2.11. The van der Waals surface area contributed by atoms with Gasteiger partial charge in [-0.25, -0.2) is 8.42 Å². The zero-order valence-corrected chi connectivity index (χ0v) is 4.78. The molecule has 1 rings (SSSR count). The molecule has 0 aromatic rings. The van der Waals surface area contributed by atoms with Crippen LogP contribution in [-0.4, -0.2) is 14.2 Å². The maximum absolute atomic E-state index is 9.87. The fraction of sp³-hybridized carbons (Fsp3) is 0.750. The second-order valence-corrected chi connectivity index (χ2v) is 2.72. The molecule has 41 valence electrons. The average molecular weight is 119 g/mol. The van der Waals surface area contributed by atoms with Gasteiger partial charge in [0.15, 0.2) is 0 Å². The van der Waals surface area contributed by atoms with Crippen molar-refractivity contribution in [2.24, 2.45) is 0 Å². The minimum absolute atomic E-state index is 0.343. The van der Waals surface area contributed by atoms with Crippen LogP contribution in [0.3, 0.4) is 0 Å². The molecule has 1 aliphatic rings. The Kier molecular flexibility index (Phi) is 1.32. The molecule has 0 heterocycles. The van der Waals surface area contributed by atoms with E-state index in [0.29, 0.717) is 5.75 Å². The zero-order valence-electron chi connectivity index (χ0n) is 3.89. The summed E-state index contributed by atoms with van der Waals surface area (Å²) in [6.45, 7) is 0. The molecule has 0 unspecified atom stereocenters. The average Bonchev–Trinajstić information content (AvgIpc) is 2.17. The van der Waals surface area contributed by atoms with E-state index in [-0.39, 0.29) is 0 Å². The summed E-state index contributed by atoms with van der Waals surface area (Å²) in [4.78, 5) is 0. The molecule has 0 bridgehead atoms. The predicted octanol–water partition coefficient (Wildman–Crippen LogP) is -0.0339. The third-order valence-electron chi connectivity index (χ3n) is 0.956. The van der Waals surface area contributed by atoms with E-state index in [1.54, 1.807) is 0 Å². The lowest BCUT2D eigenvalue weighted by molar-refractivity contribution is 0.616. The Balaban J connectivity index is 2.21. The highest BCUT2D eigenvalue weighted by Crippen LogP contribution is 2.31. The highest BCUT2D eigenvalue weighted by Gasteiger charge is 2.22. The molecule has 3 heteroatoms. The summed E-state index contributed by atoms with van der Waals surface area (Å²) < 4.78 is 19.7. The number of hydrogen-bond donors (Lipinski definition) is 1. The van der Waals surface area contributed by atoms with E-state index in [1.165, 1.54) is 5.92 Å². The lowest BCUT2D eigenvalue weighted by Gasteiger charge is -1.75. The normalized spacial score (nSPS) is 20.7. The first-order valence-corrected chi connectivity index (χ1v) is 3.60. The molecule has 2 nitrogen and oxygen atoms in total. The minimum Gasteiger partial charge on any atom is -0.232 e. The first-order valence-electron chi connectivity index (χ1n) is 2.24. The SMILES string of the molecule is O=[SH](=O)C[C]1CC1. The van der Waals surface area contributed by atoms with Crippen molar-refractivity contribution in [1.82, 2.24) is 0 Å². The molecule has 0 aliphatic heterocycles. The van der Waals surface area contributed by atoms with Crippen molar-refractivity contribution in [3.8, 4) is 0 Å². The highest BCUT2D eigenvalue weighted by molar-refractivity contribution is 7.72. The molecule has 0 amide bonds. The molecule has 1 fully saturated rings. The van der Waals surface area contributed by atoms with Gasteiger partial charge in [0.2, 0.25) is 0 Å². The molecule has 7 heavy (non-hydrogen) atoms. The van der Waals surface area contributed by atoms with Crippen molar-refractivity contribution in [2.45, 2.75) is 12.8 Å². The Morgan fingerprint density at radius 2 is 2.00 bits per heavy atom. The van der Waals surface area contributed by atoms with Gasteiger partial charge in [0.1, 0.15) is 10.7 Å². The van der Waals surface area contributed by atoms with Gasteiger partial charge in [-0.3, -0.25) is 0 Å². The summed E-state index contributed by atoms with van der Waals surface area (Å²) in [6, 6.07) is 0. The topological polar surface area (TPSA) is 34.1 Å². The van der Waals surface area contributed by atoms with Crippen molar-refractivity contribution in [1.29, 1.82) is 0 Å². The largest absolute Gasteiger partial charge is 0.232 e. The highest BCUT2D eigenvalue weighted by atomic mass is 32.2. The van der Waals surface area contributed by atoms with Crippen molar-refractivity contribution < 1.29 is 8.42 Å². The predicted molar refractivity (Wildman–Crippen MR) is 27.7 cm³/mol. The molecule has 0 N–H and O–H groups in total. The van der Waals surface area contributed by atoms with Crippen LogP contribution in [0.2, 0.25) is 0 Å². The monoisotopic (exact) mass is 119 g/mol. The van der Waals surface area contributed by atoms with Crippen LogP contribution in [0.5, 0.6) is 0 Å². The lowest BCUT2D eigenvalue weighted by atomic mass is 10.5. The summed E-state index contributed by atoms with van der Waals surface area (Å²) in [5, 5.41) is 0. The number of hydrogen-bond acceptors (Lipinski definition) is 2. The molecule has 0 aromatic heterocycles. The van der Waals surface area contributed by atoms with E-state index < -0.39 is 10.7 Å². The Morgan fingerprint density at radius 1 is 1.43 bits per heavy atom. The molecule has 0 atom stereocenters. The van der Waals surface area contributed by atoms with Crippen molar-refractivity contribution >= 4 is 10.7 Å². The molecule has 0 spiro atoms. The van der Waals surface area contributed by atoms with E-state index >= 15 is 0 Å². The van der Waals surface area contributed by atoms with Crippen LogP contribution in [0.25, 0.3) is 0 Å². The van der Waals surface area contributed by atoms with E-state index in [9.17, 15) is 8.42 Å². The zero-order chi connectivity index (χ0) is 5.28. The van der Waals surface area contributed by atoms with E-state index in [2.05, 4.69) is 0 Å². The Morgan fingerprint density at radius 3 is 2.14 bits per heavy atom. The van der Waals surface area contributed by atoms with Gasteiger partial charge in [0.05, 0.1) is 5.75 Å². The third kappa shape index (κ3) is 1.92. The number of thiol groups is 1. The second kappa shape index (κ2) is 1.82. The van der Waals surface area contributed by atoms with Crippen molar-refractivity contribution in [2.75, 3.05) is 5.75 Å². The van der Waals surface area contributed by atoms with Gasteiger partial charge >= 0.3 is 0 Å². The van der Waals surface area contributed by atoms with Crippen LogP contribution in [0.4, 0.5) is 0 Å². The molecule has 1 radical (unpaired) electrons. The molecule has 0 aromatic carbocycles. The Hall–Kier alpha value is -0.0500. The van der Waals surface area contributed by atoms with Crippen LogP contribution < -0.4 is 0 Å². The van der Waals surface area contributed by atoms with Gasteiger partial charge in [0.25, 0.3) is 0 Å². The van der Waals surface area contributed by atoms with E-state index in [0.717, 1.165) is 12.8 Å². The van der Waals surface area contributed by atoms with Gasteiger partial charge in [-0.15, -0.1) is 0 Å². The van der Waals surface area contributed by atoms with Crippen LogP contribution >= 0.6 is 0 Å². The first kappa shape index (κ1) is 5.09. The van der Waals surface area contributed by atoms with Crippen molar-refractivity contribution in [3.63, 3.8) is 0 Å². The van der Waals surface area contributed by atoms with Gasteiger partial charge in [-0.2, -0.15) is 0 Å². The molecule has 1 aliphatic carbocycles. The first-order chi connectivity index (χ1) is 3.29. The lowest BCUT2D eigenvalue weighted by Crippen LogP contribution is -1.84. The maximum atomic E-state index is 9.87. The van der Waals surface area contributed by atoms with Gasteiger partial charge in [-0.1, -0.05) is 0 Å². The van der Waals surface area contributed by atoms with Crippen LogP contribution in [-0.2, 0) is 10.7 Å². The summed E-state index contributed by atoms with van der Waals surface area (Å²) in [6.07, 6.45) is 2.09. The Bertz CT molecular complexity index is 116. The smallest absolute Gasteiger partial charge is 0.140 e. The van der Waals surface area contributed by atoms with Crippen LogP contribution in [0.15, 0.2) is 0 Å². The molecule has 0 saturated heterocycles. The maximum Gasteiger partial charge on any atom is 0.140 e. The summed E-state index contributed by atoms with van der Waals surface area (Å²) >= 11 is 0. The minimum atomic E-state index is -2.11. The quantitative estimate of drug-likeness (QED) is 0.518. The van der Waals surface area contributed by atoms with E-state index in [4.69, 9.17) is 0 Å². The standard InChI is InChI=1S/C4H7O2S/c5-7(6)3-4-1-2-4/h7H,1-3H2. The summed E-state index contributed by atoms with van der Waals surface area (Å²) in [5.74, 6) is 1.53. The number of rotatable bonds is 2. The molecule has 1 saturated carbocycles. The fourth-order valence-electron chi connectivity index (χ4n) is 0.429. The third-order valence-corrected chi connectivity index (χ3v) is 1.66. The second-order valence-electron chi connectivity index (χ2n) is 1.74. The molecular weight excluding hydrogens is 112 g/mol. The van der Waals surface area contributed by atoms with Gasteiger partial charge < -0.3 is 0 Å². The van der Waals surface area contributed by atoms with Crippen molar-refractivity contribution in [3.05, 3.63) is 5.92 Å². The summed E-state index contributed by atoms with van der Waals surface area (Å²) in [5.41, 5.74) is 0. The Labute approximate surface area is 44.5 Å².